The molecular formula is C17H15ClN2O6S. The number of nitrogens with zero attached hydrogens (tertiary/aromatic N) is 1. The average Bonchev–Trinajstić information content (AvgIpc) is 2.65. The molecule has 0 radical (unpaired) electrons. The van der Waals surface area contributed by atoms with E-state index >= 15 is 0 Å². The molecule has 0 fully saturated rings. The van der Waals surface area contributed by atoms with E-state index in [9.17, 15) is 23.3 Å². The van der Waals surface area contributed by atoms with Crippen LogP contribution in [0.5, 0.6) is 0 Å². The average molecular weight is 411 g/mol. The quantitative estimate of drug-likeness (QED) is 0.324. The molecule has 0 saturated carbocycles. The van der Waals surface area contributed by atoms with Crippen molar-refractivity contribution in [3.63, 3.8) is 0 Å². The van der Waals surface area contributed by atoms with Crippen molar-refractivity contribution in [3.05, 3.63) is 81.4 Å². The molecule has 2 rings (SSSR count). The third-order valence-electron chi connectivity index (χ3n) is 3.63. The number of carbonyl (C=O) groups excluding carboxylic acids is 1. The van der Waals surface area contributed by atoms with Gasteiger partial charge >= 0.3 is 5.97 Å². The van der Waals surface area contributed by atoms with E-state index in [4.69, 9.17) is 11.6 Å². The molecule has 0 bridgehead atoms. The van der Waals surface area contributed by atoms with Gasteiger partial charge in [0, 0.05) is 17.2 Å². The van der Waals surface area contributed by atoms with Crippen molar-refractivity contribution < 1.29 is 22.9 Å². The van der Waals surface area contributed by atoms with E-state index in [-0.39, 0.29) is 16.2 Å². The van der Waals surface area contributed by atoms with Crippen LogP contribution in [0.1, 0.15) is 11.6 Å². The zero-order valence-corrected chi connectivity index (χ0v) is 15.7. The highest BCUT2D eigenvalue weighted by atomic mass is 35.5. The minimum absolute atomic E-state index is 0.134. The Morgan fingerprint density at radius 3 is 2.22 bits per heavy atom. The molecule has 142 valence electrons. The zero-order chi connectivity index (χ0) is 20.2. The van der Waals surface area contributed by atoms with Gasteiger partial charge in [0.05, 0.1) is 28.5 Å². The number of hydrogen-bond acceptors (Lipinski definition) is 6. The van der Waals surface area contributed by atoms with Gasteiger partial charge in [-0.1, -0.05) is 30.3 Å². The number of sulfonamides is 1. The van der Waals surface area contributed by atoms with E-state index in [1.807, 2.05) is 0 Å². The molecule has 0 amide bonds. The lowest BCUT2D eigenvalue weighted by Crippen LogP contribution is -2.32. The summed E-state index contributed by atoms with van der Waals surface area (Å²) in [6.07, 6.45) is 0. The normalized spacial score (nSPS) is 12.2. The van der Waals surface area contributed by atoms with E-state index < -0.39 is 27.0 Å². The summed E-state index contributed by atoms with van der Waals surface area (Å²) in [5, 5.41) is 11.1. The highest BCUT2D eigenvalue weighted by Crippen LogP contribution is 2.26. The highest BCUT2D eigenvalue weighted by molar-refractivity contribution is 7.89. The van der Waals surface area contributed by atoms with Crippen LogP contribution in [0, 0.1) is 10.1 Å². The van der Waals surface area contributed by atoms with Gasteiger partial charge in [-0.05, 0) is 29.8 Å². The Labute approximate surface area is 160 Å². The van der Waals surface area contributed by atoms with Gasteiger partial charge < -0.3 is 4.74 Å². The number of halogens is 1. The summed E-state index contributed by atoms with van der Waals surface area (Å²) in [6.45, 7) is 3.62. The van der Waals surface area contributed by atoms with E-state index in [0.717, 1.165) is 31.4 Å². The van der Waals surface area contributed by atoms with Gasteiger partial charge in [0.25, 0.3) is 5.69 Å². The third kappa shape index (κ3) is 4.91. The number of nitrogens with one attached hydrogen (secondary N) is 1. The van der Waals surface area contributed by atoms with E-state index in [0.29, 0.717) is 10.6 Å². The van der Waals surface area contributed by atoms with E-state index in [2.05, 4.69) is 16.0 Å². The second-order valence-corrected chi connectivity index (χ2v) is 7.52. The second kappa shape index (κ2) is 8.30. The summed E-state index contributed by atoms with van der Waals surface area (Å²) < 4.78 is 32.4. The van der Waals surface area contributed by atoms with Crippen molar-refractivity contribution in [2.75, 3.05) is 7.11 Å². The predicted molar refractivity (Wildman–Crippen MR) is 98.8 cm³/mol. The Morgan fingerprint density at radius 1 is 1.19 bits per heavy atom. The molecular weight excluding hydrogens is 396 g/mol. The summed E-state index contributed by atoms with van der Waals surface area (Å²) in [5.74, 6) is -0.790. The molecule has 0 aliphatic heterocycles. The number of non-ortho nitro benzene ring substituents is 1. The number of nitro benzene ring substituents is 1. The van der Waals surface area contributed by atoms with Crippen LogP contribution >= 0.6 is 11.6 Å². The van der Waals surface area contributed by atoms with Gasteiger partial charge in [0.2, 0.25) is 10.0 Å². The SMILES string of the molecule is C=C(C(=O)OC)[C@@H](NS(=O)(=O)c1ccc([N+](=O)[O-])cc1)c1ccc(Cl)cc1. The smallest absolute Gasteiger partial charge is 0.335 e. The lowest BCUT2D eigenvalue weighted by atomic mass is 10.0. The molecule has 8 nitrogen and oxygen atoms in total. The van der Waals surface area contributed by atoms with Gasteiger partial charge in [-0.3, -0.25) is 10.1 Å². The van der Waals surface area contributed by atoms with Crippen molar-refractivity contribution in [3.8, 4) is 0 Å². The number of carbonyl (C=O) groups is 1. The maximum atomic E-state index is 12.7. The van der Waals surface area contributed by atoms with Crippen molar-refractivity contribution >= 4 is 33.3 Å². The summed E-state index contributed by atoms with van der Waals surface area (Å²) >= 11 is 5.85. The highest BCUT2D eigenvalue weighted by Gasteiger charge is 2.27. The Balaban J connectivity index is 2.40. The van der Waals surface area contributed by atoms with Crippen LogP contribution in [0.25, 0.3) is 0 Å². The van der Waals surface area contributed by atoms with Crippen LogP contribution in [-0.4, -0.2) is 26.4 Å². The minimum Gasteiger partial charge on any atom is -0.466 e. The van der Waals surface area contributed by atoms with Crippen LogP contribution < -0.4 is 4.72 Å². The molecule has 0 aliphatic carbocycles. The van der Waals surface area contributed by atoms with Crippen LogP contribution in [-0.2, 0) is 19.6 Å². The molecule has 0 saturated heterocycles. The Bertz CT molecular complexity index is 971. The zero-order valence-electron chi connectivity index (χ0n) is 14.1. The first-order valence-electron chi connectivity index (χ1n) is 7.45. The van der Waals surface area contributed by atoms with E-state index in [1.54, 1.807) is 12.1 Å². The second-order valence-electron chi connectivity index (χ2n) is 5.37. The van der Waals surface area contributed by atoms with Crippen LogP contribution in [0.4, 0.5) is 5.69 Å². The maximum Gasteiger partial charge on any atom is 0.335 e. The fraction of sp³-hybridized carbons (Fsp3) is 0.118. The van der Waals surface area contributed by atoms with Gasteiger partial charge in [-0.2, -0.15) is 4.72 Å². The standard InChI is InChI=1S/C17H15ClN2O6S/c1-11(17(21)26-2)16(12-3-5-13(18)6-4-12)19-27(24,25)15-9-7-14(8-10-15)20(22)23/h3-10,16,19H,1H2,2H3/t16-/m1/s1. The number of nitro groups is 1. The molecule has 0 heterocycles. The lowest BCUT2D eigenvalue weighted by Gasteiger charge is -2.20. The van der Waals surface area contributed by atoms with Crippen molar-refractivity contribution in [2.45, 2.75) is 10.9 Å². The van der Waals surface area contributed by atoms with Crippen molar-refractivity contribution in [1.29, 1.82) is 0 Å². The third-order valence-corrected chi connectivity index (χ3v) is 5.32. The number of ether oxygens (including phenoxy) is 1. The lowest BCUT2D eigenvalue weighted by molar-refractivity contribution is -0.384. The van der Waals surface area contributed by atoms with Gasteiger partial charge in [0.1, 0.15) is 0 Å². The molecule has 2 aromatic rings. The summed E-state index contributed by atoms with van der Waals surface area (Å²) in [6, 6.07) is 9.38. The summed E-state index contributed by atoms with van der Waals surface area (Å²) in [4.78, 5) is 21.8. The predicted octanol–water partition coefficient (Wildman–Crippen LogP) is 3.00. The first-order valence-corrected chi connectivity index (χ1v) is 9.31. The molecule has 0 unspecified atom stereocenters. The Kier molecular flexibility index (Phi) is 6.32. The van der Waals surface area contributed by atoms with Gasteiger partial charge in [0.15, 0.2) is 0 Å². The number of esters is 1. The van der Waals surface area contributed by atoms with Crippen LogP contribution in [0.2, 0.25) is 5.02 Å². The molecule has 1 atom stereocenters. The van der Waals surface area contributed by atoms with Crippen molar-refractivity contribution in [2.24, 2.45) is 0 Å². The molecule has 27 heavy (non-hydrogen) atoms. The van der Waals surface area contributed by atoms with Crippen molar-refractivity contribution in [1.82, 2.24) is 4.72 Å². The number of hydrogen-bond donors (Lipinski definition) is 1. The largest absolute Gasteiger partial charge is 0.466 e. The van der Waals surface area contributed by atoms with Crippen LogP contribution in [0.3, 0.4) is 0 Å². The summed E-state index contributed by atoms with van der Waals surface area (Å²) in [7, 11) is -2.97. The fourth-order valence-electron chi connectivity index (χ4n) is 2.21. The first kappa shape index (κ1) is 20.6. The number of rotatable bonds is 7. The molecule has 0 spiro atoms. The van der Waals surface area contributed by atoms with Crippen LogP contribution in [0.15, 0.2) is 65.6 Å². The topological polar surface area (TPSA) is 116 Å². The number of benzene rings is 2. The minimum atomic E-state index is -4.12. The molecule has 10 heteroatoms. The van der Waals surface area contributed by atoms with Gasteiger partial charge in [-0.15, -0.1) is 0 Å². The maximum absolute atomic E-state index is 12.7. The first-order chi connectivity index (χ1) is 12.7. The number of methoxy groups -OCH3 is 1. The van der Waals surface area contributed by atoms with Gasteiger partial charge in [-0.25, -0.2) is 13.2 Å². The monoisotopic (exact) mass is 410 g/mol. The molecule has 0 aromatic heterocycles. The van der Waals surface area contributed by atoms with E-state index in [1.165, 1.54) is 12.1 Å². The summed E-state index contributed by atoms with van der Waals surface area (Å²) in [5.41, 5.74) is 0.0350. The fourth-order valence-corrected chi connectivity index (χ4v) is 3.56. The molecule has 2 aromatic carbocycles. The molecule has 0 aliphatic rings. The Morgan fingerprint density at radius 2 is 1.74 bits per heavy atom. The molecule has 1 N–H and O–H groups in total. The Hall–Kier alpha value is -2.75.